The van der Waals surface area contributed by atoms with E-state index in [9.17, 15) is 9.90 Å². The Morgan fingerprint density at radius 2 is 1.72 bits per heavy atom. The van der Waals surface area contributed by atoms with Gasteiger partial charge in [-0.15, -0.1) is 0 Å². The van der Waals surface area contributed by atoms with Crippen LogP contribution in [0.5, 0.6) is 5.75 Å². The van der Waals surface area contributed by atoms with E-state index < -0.39 is 0 Å². The first-order valence-electron chi connectivity index (χ1n) is 9.33. The molecule has 29 heavy (non-hydrogen) atoms. The molecule has 1 amide bonds. The molecule has 0 aliphatic rings. The van der Waals surface area contributed by atoms with Crippen LogP contribution in [-0.4, -0.2) is 32.7 Å². The van der Waals surface area contributed by atoms with Crippen LogP contribution < -0.4 is 5.32 Å². The summed E-state index contributed by atoms with van der Waals surface area (Å²) in [4.78, 5) is 17.0. The Balaban J connectivity index is 1.53. The molecule has 2 aromatic carbocycles. The number of para-hydroxylation sites is 1. The number of H-pyrrole nitrogens is 1. The highest BCUT2D eigenvalue weighted by Crippen LogP contribution is 2.30. The number of aromatic nitrogens is 3. The summed E-state index contributed by atoms with van der Waals surface area (Å²) in [5.74, 6) is 0.00638. The predicted molar refractivity (Wildman–Crippen MR) is 111 cm³/mol. The third-order valence-electron chi connectivity index (χ3n) is 4.61. The van der Waals surface area contributed by atoms with Crippen LogP contribution in [0, 0.1) is 0 Å². The average Bonchev–Trinajstić information content (AvgIpc) is 3.24. The molecule has 0 aliphatic heterocycles. The third kappa shape index (κ3) is 4.16. The Kier molecular flexibility index (Phi) is 5.33. The number of benzene rings is 2. The van der Waals surface area contributed by atoms with Crippen LogP contribution in [0.1, 0.15) is 16.1 Å². The molecule has 0 saturated carbocycles. The number of carbonyl (C=O) groups is 1. The Labute approximate surface area is 168 Å². The molecule has 4 rings (SSSR count). The number of rotatable bonds is 6. The van der Waals surface area contributed by atoms with Gasteiger partial charge in [0.2, 0.25) is 0 Å². The van der Waals surface area contributed by atoms with Gasteiger partial charge in [-0.3, -0.25) is 14.9 Å². The summed E-state index contributed by atoms with van der Waals surface area (Å²) >= 11 is 0. The van der Waals surface area contributed by atoms with Gasteiger partial charge in [0.15, 0.2) is 0 Å². The standard InChI is InChI=1S/C23H20N4O2/c28-22-11-4-3-10-19(22)21-15-20(26-27-21)17-8-1-2-9-18(17)23(29)25-14-12-16-7-5-6-13-24-16/h1-11,13,15,28H,12,14H2,(H,25,29)(H,26,27). The first-order chi connectivity index (χ1) is 14.2. The minimum atomic E-state index is -0.163. The first kappa shape index (κ1) is 18.4. The molecule has 0 bridgehead atoms. The summed E-state index contributed by atoms with van der Waals surface area (Å²) < 4.78 is 0. The lowest BCUT2D eigenvalue weighted by molar-refractivity contribution is 0.0954. The summed E-state index contributed by atoms with van der Waals surface area (Å²) in [6.07, 6.45) is 2.40. The van der Waals surface area contributed by atoms with Gasteiger partial charge in [0, 0.05) is 41.5 Å². The summed E-state index contributed by atoms with van der Waals surface area (Å²) in [5.41, 5.74) is 4.18. The fourth-order valence-corrected chi connectivity index (χ4v) is 3.15. The normalized spacial score (nSPS) is 10.6. The minimum absolute atomic E-state index is 0.163. The van der Waals surface area contributed by atoms with Gasteiger partial charge in [-0.25, -0.2) is 0 Å². The van der Waals surface area contributed by atoms with Gasteiger partial charge in [0.25, 0.3) is 5.91 Å². The van der Waals surface area contributed by atoms with E-state index in [-0.39, 0.29) is 11.7 Å². The molecule has 3 N–H and O–H groups in total. The Bertz CT molecular complexity index is 1120. The van der Waals surface area contributed by atoms with E-state index in [1.165, 1.54) is 0 Å². The predicted octanol–water partition coefficient (Wildman–Crippen LogP) is 3.82. The topological polar surface area (TPSA) is 90.9 Å². The monoisotopic (exact) mass is 384 g/mol. The van der Waals surface area contributed by atoms with E-state index in [1.54, 1.807) is 24.4 Å². The van der Waals surface area contributed by atoms with Crippen molar-refractivity contribution in [1.82, 2.24) is 20.5 Å². The van der Waals surface area contributed by atoms with Crippen LogP contribution in [0.2, 0.25) is 0 Å². The fourth-order valence-electron chi connectivity index (χ4n) is 3.15. The maximum absolute atomic E-state index is 12.8. The van der Waals surface area contributed by atoms with Gasteiger partial charge in [-0.05, 0) is 36.4 Å². The molecule has 0 aliphatic carbocycles. The van der Waals surface area contributed by atoms with E-state index in [4.69, 9.17) is 0 Å². The number of carbonyl (C=O) groups excluding carboxylic acids is 1. The highest BCUT2D eigenvalue weighted by atomic mass is 16.3. The van der Waals surface area contributed by atoms with E-state index in [1.807, 2.05) is 54.6 Å². The Hall–Kier alpha value is -3.93. The number of hydrogen-bond acceptors (Lipinski definition) is 4. The van der Waals surface area contributed by atoms with Gasteiger partial charge in [-0.1, -0.05) is 36.4 Å². The van der Waals surface area contributed by atoms with Crippen LogP contribution in [0.4, 0.5) is 0 Å². The molecular formula is C23H20N4O2. The zero-order valence-electron chi connectivity index (χ0n) is 15.7. The van der Waals surface area contributed by atoms with Gasteiger partial charge < -0.3 is 10.4 Å². The summed E-state index contributed by atoms with van der Waals surface area (Å²) in [7, 11) is 0. The van der Waals surface area contributed by atoms with Crippen LogP contribution in [0.3, 0.4) is 0 Å². The van der Waals surface area contributed by atoms with E-state index in [2.05, 4.69) is 20.5 Å². The molecule has 2 aromatic heterocycles. The maximum Gasteiger partial charge on any atom is 0.251 e. The lowest BCUT2D eigenvalue weighted by Crippen LogP contribution is -2.26. The summed E-state index contributed by atoms with van der Waals surface area (Å²) in [5, 5.41) is 20.3. The van der Waals surface area contributed by atoms with Crippen LogP contribution >= 0.6 is 0 Å². The van der Waals surface area contributed by atoms with E-state index in [0.717, 1.165) is 11.3 Å². The summed E-state index contributed by atoms with van der Waals surface area (Å²) in [6, 6.07) is 21.9. The van der Waals surface area contributed by atoms with Crippen molar-refractivity contribution in [2.75, 3.05) is 6.54 Å². The molecule has 2 heterocycles. The number of aromatic hydroxyl groups is 1. The minimum Gasteiger partial charge on any atom is -0.507 e. The second-order valence-corrected chi connectivity index (χ2v) is 6.56. The van der Waals surface area contributed by atoms with E-state index >= 15 is 0 Å². The number of phenols is 1. The highest BCUT2D eigenvalue weighted by Gasteiger charge is 2.15. The van der Waals surface area contributed by atoms with Crippen molar-refractivity contribution >= 4 is 5.91 Å². The second-order valence-electron chi connectivity index (χ2n) is 6.56. The van der Waals surface area contributed by atoms with Crippen LogP contribution in [0.25, 0.3) is 22.5 Å². The molecule has 4 aromatic rings. The van der Waals surface area contributed by atoms with Crippen LogP contribution in [-0.2, 0) is 6.42 Å². The highest BCUT2D eigenvalue weighted by molar-refractivity contribution is 6.00. The molecule has 0 unspecified atom stereocenters. The van der Waals surface area contributed by atoms with Crippen molar-refractivity contribution in [3.63, 3.8) is 0 Å². The number of amides is 1. The van der Waals surface area contributed by atoms with Gasteiger partial charge >= 0.3 is 0 Å². The second kappa shape index (κ2) is 8.39. The van der Waals surface area contributed by atoms with Crippen molar-refractivity contribution < 1.29 is 9.90 Å². The number of nitrogens with one attached hydrogen (secondary N) is 2. The third-order valence-corrected chi connectivity index (χ3v) is 4.61. The quantitative estimate of drug-likeness (QED) is 0.471. The van der Waals surface area contributed by atoms with E-state index in [0.29, 0.717) is 35.5 Å². The first-order valence-corrected chi connectivity index (χ1v) is 9.33. The van der Waals surface area contributed by atoms with Gasteiger partial charge in [0.1, 0.15) is 5.75 Å². The molecule has 0 saturated heterocycles. The maximum atomic E-state index is 12.8. The number of hydrogen-bond donors (Lipinski definition) is 3. The Morgan fingerprint density at radius 3 is 2.52 bits per heavy atom. The van der Waals surface area contributed by atoms with Crippen molar-refractivity contribution in [2.24, 2.45) is 0 Å². The lowest BCUT2D eigenvalue weighted by Gasteiger charge is -2.08. The fraction of sp³-hybridized carbons (Fsp3) is 0.0870. The molecule has 6 heteroatoms. The zero-order chi connectivity index (χ0) is 20.1. The van der Waals surface area contributed by atoms with Crippen molar-refractivity contribution in [1.29, 1.82) is 0 Å². The number of nitrogens with zero attached hydrogens (tertiary/aromatic N) is 2. The van der Waals surface area contributed by atoms with Crippen molar-refractivity contribution in [3.05, 3.63) is 90.3 Å². The molecule has 144 valence electrons. The Morgan fingerprint density at radius 1 is 0.966 bits per heavy atom. The SMILES string of the molecule is O=C(NCCc1ccccn1)c1ccccc1-c1cc(-c2ccccc2O)[nH]n1. The molecule has 0 fully saturated rings. The molecule has 0 spiro atoms. The molecular weight excluding hydrogens is 364 g/mol. The molecule has 0 atom stereocenters. The largest absolute Gasteiger partial charge is 0.507 e. The number of phenolic OH excluding ortho intramolecular Hbond substituents is 1. The zero-order valence-corrected chi connectivity index (χ0v) is 15.7. The van der Waals surface area contributed by atoms with Crippen molar-refractivity contribution in [2.45, 2.75) is 6.42 Å². The lowest BCUT2D eigenvalue weighted by atomic mass is 10.0. The van der Waals surface area contributed by atoms with Crippen LogP contribution in [0.15, 0.2) is 79.0 Å². The number of aromatic amines is 1. The van der Waals surface area contributed by atoms with Crippen molar-refractivity contribution in [3.8, 4) is 28.3 Å². The summed E-state index contributed by atoms with van der Waals surface area (Å²) in [6.45, 7) is 0.494. The number of pyridine rings is 1. The molecule has 0 radical (unpaired) electrons. The van der Waals surface area contributed by atoms with Gasteiger partial charge in [0.05, 0.1) is 11.4 Å². The molecule has 6 nitrogen and oxygen atoms in total. The van der Waals surface area contributed by atoms with Gasteiger partial charge in [-0.2, -0.15) is 5.10 Å². The smallest absolute Gasteiger partial charge is 0.251 e. The average molecular weight is 384 g/mol.